The molecule has 2 N–H and O–H groups in total. The first-order valence-electron chi connectivity index (χ1n) is 5.68. The van der Waals surface area contributed by atoms with E-state index in [0.717, 1.165) is 25.0 Å². The maximum Gasteiger partial charge on any atom is 0.416 e. The van der Waals surface area contributed by atoms with Crippen molar-refractivity contribution in [1.29, 1.82) is 0 Å². The second-order valence-corrected chi connectivity index (χ2v) is 4.91. The van der Waals surface area contributed by atoms with Crippen LogP contribution in [-0.2, 0) is 6.18 Å². The van der Waals surface area contributed by atoms with Gasteiger partial charge in [-0.15, -0.1) is 0 Å². The summed E-state index contributed by atoms with van der Waals surface area (Å²) in [4.78, 5) is 0. The number of rotatable bonds is 2. The average molecular weight is 280 g/mol. The molecule has 18 heavy (non-hydrogen) atoms. The molecule has 1 aliphatic carbocycles. The van der Waals surface area contributed by atoms with Crippen LogP contribution in [0.1, 0.15) is 24.8 Å². The molecule has 0 saturated heterocycles. The van der Waals surface area contributed by atoms with E-state index in [0.29, 0.717) is 12.1 Å². The van der Waals surface area contributed by atoms with Crippen LogP contribution < -0.4 is 5.32 Å². The highest BCUT2D eigenvalue weighted by atomic mass is 35.5. The first-order chi connectivity index (χ1) is 8.36. The SMILES string of the molecule is O[C@H]1CCC[C@@H]1Nc1cc(Cl)cc(C(F)(F)F)c1. The third kappa shape index (κ3) is 3.09. The summed E-state index contributed by atoms with van der Waals surface area (Å²) in [6.45, 7) is 0. The molecule has 1 saturated carbocycles. The standard InChI is InChI=1S/C12H13ClF3NO/c13-8-4-7(12(14,15)16)5-9(6-8)17-10-2-1-3-11(10)18/h4-6,10-11,17-18H,1-3H2/t10-,11-/m0/s1. The number of anilines is 1. The minimum absolute atomic E-state index is 0.0276. The zero-order valence-corrected chi connectivity index (χ0v) is 10.2. The number of nitrogens with one attached hydrogen (secondary N) is 1. The van der Waals surface area contributed by atoms with Gasteiger partial charge in [-0.1, -0.05) is 11.6 Å². The fourth-order valence-electron chi connectivity index (χ4n) is 2.16. The summed E-state index contributed by atoms with van der Waals surface area (Å²) in [5, 5.41) is 12.6. The summed E-state index contributed by atoms with van der Waals surface area (Å²) < 4.78 is 37.8. The normalized spacial score (nSPS) is 24.3. The molecule has 0 radical (unpaired) electrons. The van der Waals surface area contributed by atoms with Crippen molar-refractivity contribution >= 4 is 17.3 Å². The second kappa shape index (κ2) is 4.97. The lowest BCUT2D eigenvalue weighted by molar-refractivity contribution is -0.137. The molecular weight excluding hydrogens is 267 g/mol. The van der Waals surface area contributed by atoms with Gasteiger partial charge in [0, 0.05) is 10.7 Å². The molecule has 0 amide bonds. The van der Waals surface area contributed by atoms with Crippen LogP contribution in [0.4, 0.5) is 18.9 Å². The monoisotopic (exact) mass is 279 g/mol. The highest BCUT2D eigenvalue weighted by Crippen LogP contribution is 2.34. The molecule has 2 rings (SSSR count). The minimum Gasteiger partial charge on any atom is -0.391 e. The van der Waals surface area contributed by atoms with Gasteiger partial charge in [0.2, 0.25) is 0 Å². The van der Waals surface area contributed by atoms with E-state index in [1.54, 1.807) is 0 Å². The molecule has 6 heteroatoms. The van der Waals surface area contributed by atoms with Crippen LogP contribution in [0, 0.1) is 0 Å². The zero-order valence-electron chi connectivity index (χ0n) is 9.47. The third-order valence-corrected chi connectivity index (χ3v) is 3.27. The summed E-state index contributed by atoms with van der Waals surface area (Å²) in [6.07, 6.45) is -2.65. The lowest BCUT2D eigenvalue weighted by Gasteiger charge is -2.19. The molecule has 1 aromatic rings. The molecule has 2 nitrogen and oxygen atoms in total. The number of hydrogen-bond acceptors (Lipinski definition) is 2. The Hall–Kier alpha value is -0.940. The van der Waals surface area contributed by atoms with Gasteiger partial charge in [0.1, 0.15) is 0 Å². The molecule has 1 aliphatic rings. The van der Waals surface area contributed by atoms with Crippen LogP contribution in [0.5, 0.6) is 0 Å². The van der Waals surface area contributed by atoms with Gasteiger partial charge in [-0.2, -0.15) is 13.2 Å². The zero-order chi connectivity index (χ0) is 13.3. The molecule has 0 heterocycles. The van der Waals surface area contributed by atoms with Gasteiger partial charge in [-0.05, 0) is 37.5 Å². The van der Waals surface area contributed by atoms with Gasteiger partial charge in [0.15, 0.2) is 0 Å². The molecule has 0 aromatic heterocycles. The van der Waals surface area contributed by atoms with Crippen LogP contribution in [0.25, 0.3) is 0 Å². The summed E-state index contributed by atoms with van der Waals surface area (Å²) in [7, 11) is 0. The summed E-state index contributed by atoms with van der Waals surface area (Å²) in [5.74, 6) is 0. The molecular formula is C12H13ClF3NO. The van der Waals surface area contributed by atoms with E-state index >= 15 is 0 Å². The van der Waals surface area contributed by atoms with E-state index < -0.39 is 17.8 Å². The van der Waals surface area contributed by atoms with Gasteiger partial charge in [-0.25, -0.2) is 0 Å². The summed E-state index contributed by atoms with van der Waals surface area (Å²) >= 11 is 5.68. The van der Waals surface area contributed by atoms with Crippen LogP contribution >= 0.6 is 11.6 Å². The van der Waals surface area contributed by atoms with Gasteiger partial charge < -0.3 is 10.4 Å². The van der Waals surface area contributed by atoms with E-state index in [2.05, 4.69) is 5.32 Å². The summed E-state index contributed by atoms with van der Waals surface area (Å²) in [5.41, 5.74) is -0.495. The smallest absolute Gasteiger partial charge is 0.391 e. The Balaban J connectivity index is 2.20. The lowest BCUT2D eigenvalue weighted by Crippen LogP contribution is -2.28. The quantitative estimate of drug-likeness (QED) is 0.865. The van der Waals surface area contributed by atoms with Crippen LogP contribution in [0.3, 0.4) is 0 Å². The molecule has 1 fully saturated rings. The van der Waals surface area contributed by atoms with Crippen LogP contribution in [0.2, 0.25) is 5.02 Å². The number of halogens is 4. The Morgan fingerprint density at radius 2 is 1.94 bits per heavy atom. The van der Waals surface area contributed by atoms with Gasteiger partial charge >= 0.3 is 6.18 Å². The molecule has 0 unspecified atom stereocenters. The minimum atomic E-state index is -4.42. The van der Waals surface area contributed by atoms with Crippen LogP contribution in [0.15, 0.2) is 18.2 Å². The maximum atomic E-state index is 12.6. The Morgan fingerprint density at radius 1 is 1.22 bits per heavy atom. The van der Waals surface area contributed by atoms with Crippen LogP contribution in [-0.4, -0.2) is 17.3 Å². The van der Waals surface area contributed by atoms with Crippen molar-refractivity contribution in [2.24, 2.45) is 0 Å². The highest BCUT2D eigenvalue weighted by Gasteiger charge is 2.32. The van der Waals surface area contributed by atoms with Gasteiger partial charge in [0.25, 0.3) is 0 Å². The maximum absolute atomic E-state index is 12.6. The number of alkyl halides is 3. The van der Waals surface area contributed by atoms with Gasteiger partial charge in [0.05, 0.1) is 17.7 Å². The number of benzene rings is 1. The molecule has 1 aromatic carbocycles. The fourth-order valence-corrected chi connectivity index (χ4v) is 2.39. The van der Waals surface area contributed by atoms with E-state index in [1.807, 2.05) is 0 Å². The highest BCUT2D eigenvalue weighted by molar-refractivity contribution is 6.30. The number of aliphatic hydroxyl groups is 1. The summed E-state index contributed by atoms with van der Waals surface area (Å²) in [6, 6.07) is 3.13. The number of hydrogen-bond donors (Lipinski definition) is 2. The molecule has 0 bridgehead atoms. The van der Waals surface area contributed by atoms with E-state index in [-0.39, 0.29) is 11.1 Å². The van der Waals surface area contributed by atoms with Gasteiger partial charge in [-0.3, -0.25) is 0 Å². The van der Waals surface area contributed by atoms with Crippen molar-refractivity contribution in [3.05, 3.63) is 28.8 Å². The van der Waals surface area contributed by atoms with Crippen molar-refractivity contribution < 1.29 is 18.3 Å². The van der Waals surface area contributed by atoms with E-state index in [1.165, 1.54) is 6.07 Å². The predicted molar refractivity (Wildman–Crippen MR) is 63.7 cm³/mol. The Bertz CT molecular complexity index is 436. The first kappa shape index (κ1) is 13.5. The molecule has 0 aliphatic heterocycles. The van der Waals surface area contributed by atoms with Crippen molar-refractivity contribution in [2.45, 2.75) is 37.6 Å². The average Bonchev–Trinajstić information content (AvgIpc) is 2.62. The molecule has 100 valence electrons. The van der Waals surface area contributed by atoms with Crippen molar-refractivity contribution in [1.82, 2.24) is 0 Å². The van der Waals surface area contributed by atoms with E-state index in [4.69, 9.17) is 11.6 Å². The van der Waals surface area contributed by atoms with Crippen molar-refractivity contribution in [3.63, 3.8) is 0 Å². The van der Waals surface area contributed by atoms with Crippen molar-refractivity contribution in [3.8, 4) is 0 Å². The topological polar surface area (TPSA) is 32.3 Å². The molecule has 2 atom stereocenters. The first-order valence-corrected chi connectivity index (χ1v) is 6.06. The lowest BCUT2D eigenvalue weighted by atomic mass is 10.1. The Labute approximate surface area is 108 Å². The molecule has 0 spiro atoms. The Morgan fingerprint density at radius 3 is 2.50 bits per heavy atom. The Kier molecular flexibility index (Phi) is 3.73. The predicted octanol–water partition coefficient (Wildman–Crippen LogP) is 3.68. The second-order valence-electron chi connectivity index (χ2n) is 4.48. The van der Waals surface area contributed by atoms with E-state index in [9.17, 15) is 18.3 Å². The largest absolute Gasteiger partial charge is 0.416 e. The number of aliphatic hydroxyl groups excluding tert-OH is 1. The fraction of sp³-hybridized carbons (Fsp3) is 0.500. The third-order valence-electron chi connectivity index (χ3n) is 3.06. The van der Waals surface area contributed by atoms with Crippen molar-refractivity contribution in [2.75, 3.05) is 5.32 Å².